The van der Waals surface area contributed by atoms with Gasteiger partial charge in [-0.25, -0.2) is 0 Å². The van der Waals surface area contributed by atoms with Crippen LogP contribution in [0.1, 0.15) is 5.56 Å². The minimum atomic E-state index is -0.106. The molecule has 154 valence electrons. The van der Waals surface area contributed by atoms with E-state index in [1.807, 2.05) is 18.2 Å². The number of anilines is 1. The summed E-state index contributed by atoms with van der Waals surface area (Å²) in [6.45, 7) is 5.51. The van der Waals surface area contributed by atoms with Crippen LogP contribution in [0.4, 0.5) is 5.69 Å². The van der Waals surface area contributed by atoms with Crippen molar-refractivity contribution in [3.8, 4) is 11.5 Å². The maximum atomic E-state index is 12.1. The van der Waals surface area contributed by atoms with Crippen molar-refractivity contribution in [1.29, 1.82) is 0 Å². The van der Waals surface area contributed by atoms with E-state index in [1.165, 1.54) is 11.8 Å². The molecule has 0 atom stereocenters. The van der Waals surface area contributed by atoms with Gasteiger partial charge in [-0.2, -0.15) is 0 Å². The van der Waals surface area contributed by atoms with Crippen LogP contribution in [0.2, 0.25) is 0 Å². The van der Waals surface area contributed by atoms with Crippen LogP contribution < -0.4 is 19.7 Å². The summed E-state index contributed by atoms with van der Waals surface area (Å²) < 4.78 is 10.5. The highest BCUT2D eigenvalue weighted by molar-refractivity contribution is 5.92. The molecule has 1 fully saturated rings. The molecule has 6 nitrogen and oxygen atoms in total. The molecule has 3 rings (SSSR count). The van der Waals surface area contributed by atoms with E-state index in [2.05, 4.69) is 39.4 Å². The van der Waals surface area contributed by atoms with Crippen LogP contribution in [0.15, 0.2) is 54.6 Å². The number of benzene rings is 2. The molecular formula is C23H29N3O3. The summed E-state index contributed by atoms with van der Waals surface area (Å²) >= 11 is 0. The number of rotatable bonds is 8. The number of carbonyl (C=O) groups excluding carboxylic acids is 1. The summed E-state index contributed by atoms with van der Waals surface area (Å²) in [5.74, 6) is 1.28. The van der Waals surface area contributed by atoms with E-state index in [0.29, 0.717) is 12.3 Å². The molecule has 6 heteroatoms. The van der Waals surface area contributed by atoms with E-state index in [1.54, 1.807) is 26.4 Å². The van der Waals surface area contributed by atoms with Gasteiger partial charge in [0.2, 0.25) is 5.91 Å². The van der Waals surface area contributed by atoms with Crippen molar-refractivity contribution in [2.45, 2.75) is 0 Å². The van der Waals surface area contributed by atoms with Gasteiger partial charge < -0.3 is 19.7 Å². The Kier molecular flexibility index (Phi) is 7.53. The first-order valence-corrected chi connectivity index (χ1v) is 9.90. The van der Waals surface area contributed by atoms with Crippen molar-refractivity contribution in [3.63, 3.8) is 0 Å². The van der Waals surface area contributed by atoms with E-state index in [0.717, 1.165) is 44.0 Å². The van der Waals surface area contributed by atoms with Crippen molar-refractivity contribution in [2.75, 3.05) is 58.4 Å². The Hall–Kier alpha value is -2.99. The number of piperazine rings is 1. The second-order valence-corrected chi connectivity index (χ2v) is 6.90. The van der Waals surface area contributed by atoms with Gasteiger partial charge in [0.05, 0.1) is 14.2 Å². The summed E-state index contributed by atoms with van der Waals surface area (Å²) in [5, 5.41) is 2.96. The molecule has 0 aliphatic carbocycles. The third-order valence-electron chi connectivity index (χ3n) is 5.08. The first-order chi connectivity index (χ1) is 14.2. The van der Waals surface area contributed by atoms with Crippen LogP contribution in [0.25, 0.3) is 6.08 Å². The largest absolute Gasteiger partial charge is 0.497 e. The summed E-state index contributed by atoms with van der Waals surface area (Å²) in [6, 6.07) is 16.0. The lowest BCUT2D eigenvalue weighted by Crippen LogP contribution is -2.48. The maximum absolute atomic E-state index is 12.1. The topological polar surface area (TPSA) is 54.0 Å². The molecule has 0 radical (unpaired) electrons. The van der Waals surface area contributed by atoms with Crippen LogP contribution in [0.3, 0.4) is 0 Å². The van der Waals surface area contributed by atoms with Gasteiger partial charge in [-0.1, -0.05) is 18.2 Å². The average Bonchev–Trinajstić information content (AvgIpc) is 2.78. The zero-order valence-corrected chi connectivity index (χ0v) is 17.1. The number of carbonyl (C=O) groups is 1. The smallest absolute Gasteiger partial charge is 0.244 e. The second-order valence-electron chi connectivity index (χ2n) is 6.90. The summed E-state index contributed by atoms with van der Waals surface area (Å²) in [7, 11) is 3.21. The molecule has 29 heavy (non-hydrogen) atoms. The number of hydrogen-bond acceptors (Lipinski definition) is 5. The van der Waals surface area contributed by atoms with Crippen LogP contribution in [-0.2, 0) is 4.79 Å². The Morgan fingerprint density at radius 3 is 2.48 bits per heavy atom. The van der Waals surface area contributed by atoms with Gasteiger partial charge in [-0.15, -0.1) is 0 Å². The molecule has 0 spiro atoms. The normalized spacial score (nSPS) is 14.8. The van der Waals surface area contributed by atoms with Gasteiger partial charge in [0.15, 0.2) is 0 Å². The van der Waals surface area contributed by atoms with Gasteiger partial charge in [0.1, 0.15) is 11.5 Å². The fourth-order valence-corrected chi connectivity index (χ4v) is 3.39. The number of methoxy groups -OCH3 is 2. The molecule has 1 aliphatic rings. The van der Waals surface area contributed by atoms with Crippen LogP contribution >= 0.6 is 0 Å². The number of hydrogen-bond donors (Lipinski definition) is 1. The molecule has 1 N–H and O–H groups in total. The van der Waals surface area contributed by atoms with Crippen molar-refractivity contribution < 1.29 is 14.3 Å². The highest BCUT2D eigenvalue weighted by Crippen LogP contribution is 2.25. The van der Waals surface area contributed by atoms with E-state index in [-0.39, 0.29) is 5.91 Å². The number of nitrogens with one attached hydrogen (secondary N) is 1. The van der Waals surface area contributed by atoms with Gasteiger partial charge in [0.25, 0.3) is 0 Å². The zero-order valence-electron chi connectivity index (χ0n) is 17.1. The summed E-state index contributed by atoms with van der Waals surface area (Å²) in [5.41, 5.74) is 2.11. The standard InChI is InChI=1S/C23H29N3O3/c1-28-21-10-8-19(22(18-21)29-2)9-11-23(27)24-12-13-25-14-16-26(17-15-25)20-6-4-3-5-7-20/h3-11,18H,12-17H2,1-2H3,(H,24,27)/b11-9+. The fourth-order valence-electron chi connectivity index (χ4n) is 3.39. The third kappa shape index (κ3) is 5.99. The quantitative estimate of drug-likeness (QED) is 0.697. The fraction of sp³-hybridized carbons (Fsp3) is 0.348. The Morgan fingerprint density at radius 2 is 1.79 bits per heavy atom. The van der Waals surface area contributed by atoms with Crippen LogP contribution in [-0.4, -0.2) is 64.3 Å². The van der Waals surface area contributed by atoms with E-state index in [4.69, 9.17) is 9.47 Å². The number of amides is 1. The SMILES string of the molecule is COc1ccc(/C=C/C(=O)NCCN2CCN(c3ccccc3)CC2)c(OC)c1. The molecule has 2 aromatic carbocycles. The third-order valence-corrected chi connectivity index (χ3v) is 5.08. The molecule has 0 saturated carbocycles. The average molecular weight is 396 g/mol. The van der Waals surface area contributed by atoms with Crippen molar-refractivity contribution in [2.24, 2.45) is 0 Å². The second kappa shape index (κ2) is 10.5. The van der Waals surface area contributed by atoms with E-state index in [9.17, 15) is 4.79 Å². The minimum absolute atomic E-state index is 0.106. The molecule has 1 aliphatic heterocycles. The Balaban J connectivity index is 1.40. The van der Waals surface area contributed by atoms with Gasteiger partial charge in [-0.3, -0.25) is 9.69 Å². The molecule has 2 aromatic rings. The van der Waals surface area contributed by atoms with Crippen molar-refractivity contribution >= 4 is 17.7 Å². The van der Waals surface area contributed by atoms with Gasteiger partial charge in [0, 0.05) is 62.7 Å². The highest BCUT2D eigenvalue weighted by Gasteiger charge is 2.16. The lowest BCUT2D eigenvalue weighted by molar-refractivity contribution is -0.116. The first-order valence-electron chi connectivity index (χ1n) is 9.90. The van der Waals surface area contributed by atoms with E-state index < -0.39 is 0 Å². The number of ether oxygens (including phenoxy) is 2. The first kappa shape index (κ1) is 20.7. The van der Waals surface area contributed by atoms with E-state index >= 15 is 0 Å². The maximum Gasteiger partial charge on any atom is 0.244 e. The zero-order chi connectivity index (χ0) is 20.5. The van der Waals surface area contributed by atoms with Gasteiger partial charge in [-0.05, 0) is 30.3 Å². The number of para-hydroxylation sites is 1. The predicted molar refractivity (Wildman–Crippen MR) is 117 cm³/mol. The molecule has 0 aromatic heterocycles. The lowest BCUT2D eigenvalue weighted by atomic mass is 10.1. The predicted octanol–water partition coefficient (Wildman–Crippen LogP) is 2.66. The molecule has 1 heterocycles. The highest BCUT2D eigenvalue weighted by atomic mass is 16.5. The number of nitrogens with zero attached hydrogens (tertiary/aromatic N) is 2. The lowest BCUT2D eigenvalue weighted by Gasteiger charge is -2.36. The summed E-state index contributed by atoms with van der Waals surface area (Å²) in [6.07, 6.45) is 3.30. The summed E-state index contributed by atoms with van der Waals surface area (Å²) in [4.78, 5) is 16.9. The van der Waals surface area contributed by atoms with Crippen molar-refractivity contribution in [3.05, 3.63) is 60.2 Å². The monoisotopic (exact) mass is 395 g/mol. The Bertz CT molecular complexity index is 815. The molecular weight excluding hydrogens is 366 g/mol. The minimum Gasteiger partial charge on any atom is -0.497 e. The molecule has 1 saturated heterocycles. The molecule has 1 amide bonds. The van der Waals surface area contributed by atoms with Crippen molar-refractivity contribution in [1.82, 2.24) is 10.2 Å². The Labute approximate surface area is 172 Å². The Morgan fingerprint density at radius 1 is 1.03 bits per heavy atom. The van der Waals surface area contributed by atoms with Crippen LogP contribution in [0.5, 0.6) is 11.5 Å². The molecule has 0 bridgehead atoms. The van der Waals surface area contributed by atoms with Gasteiger partial charge >= 0.3 is 0 Å². The molecule has 0 unspecified atom stereocenters. The van der Waals surface area contributed by atoms with Crippen LogP contribution in [0, 0.1) is 0 Å².